The number of ether oxygens (including phenoxy) is 1. The third kappa shape index (κ3) is 2.80. The van der Waals surface area contributed by atoms with E-state index in [9.17, 15) is 13.2 Å². The highest BCUT2D eigenvalue weighted by Gasteiger charge is 2.44. The van der Waals surface area contributed by atoms with Crippen molar-refractivity contribution in [2.24, 2.45) is 0 Å². The minimum Gasteiger partial charge on any atom is -0.495 e. The summed E-state index contributed by atoms with van der Waals surface area (Å²) in [7, 11) is -2.29. The van der Waals surface area contributed by atoms with Crippen molar-refractivity contribution in [3.8, 4) is 5.75 Å². The number of methoxy groups -OCH3 is 1. The molecule has 1 saturated heterocycles. The first-order valence-electron chi connectivity index (χ1n) is 8.76. The number of rotatable bonds is 3. The molecule has 27 heavy (non-hydrogen) atoms. The number of amides is 1. The fraction of sp³-hybridized carbons (Fsp3) is 0.368. The smallest absolute Gasteiger partial charge is 0.256 e. The van der Waals surface area contributed by atoms with E-state index in [2.05, 4.69) is 4.98 Å². The second-order valence-electron chi connectivity index (χ2n) is 6.92. The molecule has 1 fully saturated rings. The van der Waals surface area contributed by atoms with Crippen LogP contribution in [0.4, 0.5) is 0 Å². The van der Waals surface area contributed by atoms with Crippen molar-refractivity contribution >= 4 is 15.9 Å². The Hall–Kier alpha value is -2.45. The minimum absolute atomic E-state index is 0.0762. The highest BCUT2D eigenvalue weighted by molar-refractivity contribution is 7.89. The van der Waals surface area contributed by atoms with Gasteiger partial charge in [-0.2, -0.15) is 4.31 Å². The maximum absolute atomic E-state index is 13.3. The highest BCUT2D eigenvalue weighted by Crippen LogP contribution is 2.37. The molecule has 2 aliphatic heterocycles. The van der Waals surface area contributed by atoms with Crippen LogP contribution in [0.5, 0.6) is 5.75 Å². The van der Waals surface area contributed by atoms with Gasteiger partial charge in [-0.1, -0.05) is 6.07 Å². The number of piperazine rings is 1. The number of aromatic nitrogens is 1. The summed E-state index contributed by atoms with van der Waals surface area (Å²) in [4.78, 5) is 19.0. The zero-order valence-electron chi connectivity index (χ0n) is 15.5. The molecule has 3 heterocycles. The van der Waals surface area contributed by atoms with Crippen molar-refractivity contribution in [1.29, 1.82) is 0 Å². The van der Waals surface area contributed by atoms with Gasteiger partial charge in [0.1, 0.15) is 10.6 Å². The SMILES string of the molecule is COc1ccc(C)cc1S(=O)(=O)N1CCN2C(=O)c3ccc(C)nc3C2C1. The number of carbonyl (C=O) groups excluding carboxylic acids is 1. The molecule has 1 unspecified atom stereocenters. The van der Waals surface area contributed by atoms with Gasteiger partial charge in [-0.15, -0.1) is 0 Å². The molecule has 2 aliphatic rings. The Kier molecular flexibility index (Phi) is 4.20. The van der Waals surface area contributed by atoms with Crippen LogP contribution >= 0.6 is 0 Å². The van der Waals surface area contributed by atoms with E-state index in [4.69, 9.17) is 4.74 Å². The molecule has 1 aromatic heterocycles. The summed E-state index contributed by atoms with van der Waals surface area (Å²) in [5.74, 6) is 0.243. The molecule has 1 aromatic carbocycles. The van der Waals surface area contributed by atoms with Gasteiger partial charge in [-0.25, -0.2) is 8.42 Å². The summed E-state index contributed by atoms with van der Waals surface area (Å²) in [6.45, 7) is 4.48. The predicted octanol–water partition coefficient (Wildman–Crippen LogP) is 1.91. The summed E-state index contributed by atoms with van der Waals surface area (Å²) in [5.41, 5.74) is 2.88. The van der Waals surface area contributed by atoms with Crippen LogP contribution in [0.25, 0.3) is 0 Å². The number of aryl methyl sites for hydroxylation is 2. The number of hydrogen-bond acceptors (Lipinski definition) is 5. The van der Waals surface area contributed by atoms with Crippen molar-refractivity contribution in [2.45, 2.75) is 24.8 Å². The summed E-state index contributed by atoms with van der Waals surface area (Å²) in [6, 6.07) is 8.33. The Labute approximate surface area is 158 Å². The molecule has 0 bridgehead atoms. The van der Waals surface area contributed by atoms with E-state index < -0.39 is 10.0 Å². The Balaban J connectivity index is 1.72. The van der Waals surface area contributed by atoms with Gasteiger partial charge in [0.05, 0.1) is 24.4 Å². The maximum atomic E-state index is 13.3. The summed E-state index contributed by atoms with van der Waals surface area (Å²) >= 11 is 0. The van der Waals surface area contributed by atoms with Crippen LogP contribution in [0, 0.1) is 13.8 Å². The monoisotopic (exact) mass is 387 g/mol. The first-order valence-corrected chi connectivity index (χ1v) is 10.2. The Morgan fingerprint density at radius 3 is 2.67 bits per heavy atom. The van der Waals surface area contributed by atoms with E-state index >= 15 is 0 Å². The lowest BCUT2D eigenvalue weighted by molar-refractivity contribution is 0.0625. The number of carbonyl (C=O) groups is 1. The molecular formula is C19H21N3O4S. The average Bonchev–Trinajstić information content (AvgIpc) is 2.93. The van der Waals surface area contributed by atoms with Crippen molar-refractivity contribution in [3.05, 3.63) is 52.8 Å². The molecule has 0 spiro atoms. The average molecular weight is 387 g/mol. The van der Waals surface area contributed by atoms with Crippen molar-refractivity contribution in [3.63, 3.8) is 0 Å². The molecular weight excluding hydrogens is 366 g/mol. The highest BCUT2D eigenvalue weighted by atomic mass is 32.2. The number of hydrogen-bond donors (Lipinski definition) is 0. The second-order valence-corrected chi connectivity index (χ2v) is 8.82. The first-order chi connectivity index (χ1) is 12.8. The molecule has 0 saturated carbocycles. The van der Waals surface area contributed by atoms with Crippen LogP contribution < -0.4 is 4.74 Å². The third-order valence-electron chi connectivity index (χ3n) is 5.15. The maximum Gasteiger partial charge on any atom is 0.256 e. The van der Waals surface area contributed by atoms with E-state index in [-0.39, 0.29) is 29.9 Å². The molecule has 1 amide bonds. The van der Waals surface area contributed by atoms with Crippen molar-refractivity contribution < 1.29 is 17.9 Å². The van der Waals surface area contributed by atoms with Gasteiger partial charge in [0, 0.05) is 25.3 Å². The van der Waals surface area contributed by atoms with Crippen LogP contribution in [0.3, 0.4) is 0 Å². The largest absolute Gasteiger partial charge is 0.495 e. The normalized spacial score (nSPS) is 19.7. The van der Waals surface area contributed by atoms with Crippen LogP contribution in [-0.4, -0.2) is 55.3 Å². The molecule has 7 nitrogen and oxygen atoms in total. The number of benzene rings is 1. The van der Waals surface area contributed by atoms with Gasteiger partial charge >= 0.3 is 0 Å². The van der Waals surface area contributed by atoms with Gasteiger partial charge in [0.2, 0.25) is 10.0 Å². The van der Waals surface area contributed by atoms with Crippen LogP contribution in [0.2, 0.25) is 0 Å². The van der Waals surface area contributed by atoms with Crippen LogP contribution in [0.1, 0.15) is 33.4 Å². The van der Waals surface area contributed by atoms with Crippen molar-refractivity contribution in [2.75, 3.05) is 26.7 Å². The number of nitrogens with zero attached hydrogens (tertiary/aromatic N) is 3. The quantitative estimate of drug-likeness (QED) is 0.804. The molecule has 1 atom stereocenters. The van der Waals surface area contributed by atoms with Gasteiger partial charge in [-0.05, 0) is 43.7 Å². The third-order valence-corrected chi connectivity index (χ3v) is 7.04. The van der Waals surface area contributed by atoms with E-state index in [0.717, 1.165) is 11.3 Å². The van der Waals surface area contributed by atoms with Crippen LogP contribution in [-0.2, 0) is 10.0 Å². The topological polar surface area (TPSA) is 79.8 Å². The number of sulfonamides is 1. The van der Waals surface area contributed by atoms with Gasteiger partial charge in [0.15, 0.2) is 0 Å². The molecule has 4 rings (SSSR count). The lowest BCUT2D eigenvalue weighted by Gasteiger charge is -2.36. The molecule has 0 aliphatic carbocycles. The van der Waals surface area contributed by atoms with Gasteiger partial charge in [0.25, 0.3) is 5.91 Å². The van der Waals surface area contributed by atoms with E-state index in [1.165, 1.54) is 11.4 Å². The van der Waals surface area contributed by atoms with Crippen molar-refractivity contribution in [1.82, 2.24) is 14.2 Å². The Morgan fingerprint density at radius 1 is 1.15 bits per heavy atom. The molecule has 142 valence electrons. The Bertz CT molecular complexity index is 1040. The zero-order valence-corrected chi connectivity index (χ0v) is 16.3. The first kappa shape index (κ1) is 17.9. The number of fused-ring (bicyclic) bond motifs is 3. The van der Waals surface area contributed by atoms with E-state index in [1.807, 2.05) is 19.9 Å². The minimum atomic E-state index is -3.75. The fourth-order valence-corrected chi connectivity index (χ4v) is 5.42. The van der Waals surface area contributed by atoms with Crippen LogP contribution in [0.15, 0.2) is 35.2 Å². The van der Waals surface area contributed by atoms with Gasteiger partial charge in [-0.3, -0.25) is 9.78 Å². The molecule has 0 radical (unpaired) electrons. The lowest BCUT2D eigenvalue weighted by atomic mass is 10.1. The van der Waals surface area contributed by atoms with E-state index in [1.54, 1.807) is 29.2 Å². The predicted molar refractivity (Wildman–Crippen MR) is 99.2 cm³/mol. The summed E-state index contributed by atoms with van der Waals surface area (Å²) in [5, 5.41) is 0. The number of pyridine rings is 1. The Morgan fingerprint density at radius 2 is 1.93 bits per heavy atom. The summed E-state index contributed by atoms with van der Waals surface area (Å²) in [6.07, 6.45) is 0. The molecule has 0 N–H and O–H groups in total. The molecule has 2 aromatic rings. The zero-order chi connectivity index (χ0) is 19.3. The summed E-state index contributed by atoms with van der Waals surface area (Å²) < 4.78 is 33.3. The standard InChI is InChI=1S/C19H21N3O4S/c1-12-4-7-16(26-3)17(10-12)27(24,25)21-8-9-22-15(11-21)18-14(19(22)23)6-5-13(2)20-18/h4-7,10,15H,8-9,11H2,1-3H3. The second kappa shape index (κ2) is 6.31. The van der Waals surface area contributed by atoms with Gasteiger partial charge < -0.3 is 9.64 Å². The fourth-order valence-electron chi connectivity index (χ4n) is 3.74. The lowest BCUT2D eigenvalue weighted by Crippen LogP contribution is -2.49. The van der Waals surface area contributed by atoms with E-state index in [0.29, 0.717) is 23.6 Å². The molecule has 8 heteroatoms.